The van der Waals surface area contributed by atoms with E-state index >= 15 is 0 Å². The molecule has 0 spiro atoms. The molecule has 0 unspecified atom stereocenters. The Morgan fingerprint density at radius 1 is 0.880 bits per heavy atom. The van der Waals surface area contributed by atoms with Crippen LogP contribution >= 0.6 is 10.0 Å². The summed E-state index contributed by atoms with van der Waals surface area (Å²) in [7, 11) is 1.60. The second kappa shape index (κ2) is 8.35. The van der Waals surface area contributed by atoms with Crippen molar-refractivity contribution in [2.24, 2.45) is 13.0 Å². The lowest BCUT2D eigenvalue weighted by atomic mass is 10.1. The maximum absolute atomic E-state index is 2.53. The van der Waals surface area contributed by atoms with E-state index in [1.807, 2.05) is 0 Å². The monoisotopic (exact) mass is 358 g/mol. The van der Waals surface area contributed by atoms with Gasteiger partial charge in [0.1, 0.15) is 7.05 Å². The lowest BCUT2D eigenvalue weighted by molar-refractivity contribution is -0.692. The summed E-state index contributed by atoms with van der Waals surface area (Å²) in [5, 5.41) is 0. The summed E-state index contributed by atoms with van der Waals surface area (Å²) in [6.45, 7) is 1.15. The molecule has 0 radical (unpaired) electrons. The van der Waals surface area contributed by atoms with Gasteiger partial charge in [0.2, 0.25) is 0 Å². The predicted molar refractivity (Wildman–Crippen MR) is 109 cm³/mol. The highest BCUT2D eigenvalue weighted by atomic mass is 32.3. The molecule has 25 heavy (non-hydrogen) atoms. The number of hydrogen-bond acceptors (Lipinski definition) is 0. The van der Waals surface area contributed by atoms with Crippen molar-refractivity contribution in [3.05, 3.63) is 49.1 Å². The minimum atomic E-state index is -0.458. The van der Waals surface area contributed by atoms with Crippen molar-refractivity contribution in [2.75, 3.05) is 24.0 Å². The Morgan fingerprint density at radius 2 is 1.44 bits per heavy atom. The number of pyridine rings is 2. The molecule has 1 aliphatic carbocycles. The fourth-order valence-electron chi connectivity index (χ4n) is 3.73. The largest absolute Gasteiger partial charge is 0.241 e. The molecule has 0 N–H and O–H groups in total. The zero-order valence-electron chi connectivity index (χ0n) is 16.2. The van der Waals surface area contributed by atoms with Crippen LogP contribution in [0.4, 0.5) is 0 Å². The van der Waals surface area contributed by atoms with Crippen LogP contribution in [0.15, 0.2) is 49.1 Å². The zero-order chi connectivity index (χ0) is 17.7. The van der Waals surface area contributed by atoms with E-state index in [0.29, 0.717) is 0 Å². The Morgan fingerprint density at radius 3 is 2.04 bits per heavy atom. The number of nitrogens with zero attached hydrogens (tertiary/aromatic N) is 2. The molecule has 1 fully saturated rings. The average molecular weight is 359 g/mol. The average Bonchev–Trinajstić information content (AvgIpc) is 3.13. The molecule has 2 heterocycles. The molecular weight excluding hydrogens is 324 g/mol. The molecule has 2 aromatic heterocycles. The van der Waals surface area contributed by atoms with Gasteiger partial charge in [0.25, 0.3) is 0 Å². The van der Waals surface area contributed by atoms with Crippen LogP contribution in [0.1, 0.15) is 32.1 Å². The van der Waals surface area contributed by atoms with Gasteiger partial charge in [-0.2, -0.15) is 0 Å². The SMILES string of the molecule is C[n+]1ccc(-c2cc[n+](CCS(C)(C)CCC3CCCC3)cc2)cc1. The van der Waals surface area contributed by atoms with Gasteiger partial charge >= 0.3 is 0 Å². The second-order valence-electron chi connectivity index (χ2n) is 8.19. The topological polar surface area (TPSA) is 7.76 Å². The number of hydrogen-bond donors (Lipinski definition) is 0. The summed E-state index contributed by atoms with van der Waals surface area (Å²) in [4.78, 5) is 0. The van der Waals surface area contributed by atoms with E-state index < -0.39 is 10.0 Å². The number of aromatic nitrogens is 2. The van der Waals surface area contributed by atoms with Gasteiger partial charge in [-0.05, 0) is 41.7 Å². The summed E-state index contributed by atoms with van der Waals surface area (Å²) >= 11 is 0. The van der Waals surface area contributed by atoms with Gasteiger partial charge < -0.3 is 0 Å². The van der Waals surface area contributed by atoms with Crippen LogP contribution in [-0.4, -0.2) is 24.0 Å². The first kappa shape index (κ1) is 18.4. The van der Waals surface area contributed by atoms with Gasteiger partial charge in [-0.15, -0.1) is 0 Å². The Labute approximate surface area is 155 Å². The fourth-order valence-corrected chi connectivity index (χ4v) is 5.61. The third kappa shape index (κ3) is 5.57. The van der Waals surface area contributed by atoms with Crippen LogP contribution in [0.2, 0.25) is 0 Å². The van der Waals surface area contributed by atoms with Gasteiger partial charge in [0.05, 0.1) is 0 Å². The molecule has 2 aromatic rings. The van der Waals surface area contributed by atoms with Gasteiger partial charge in [-0.25, -0.2) is 19.2 Å². The molecule has 3 rings (SSSR count). The van der Waals surface area contributed by atoms with Crippen molar-refractivity contribution in [2.45, 2.75) is 38.6 Å². The van der Waals surface area contributed by atoms with Crippen LogP contribution in [0.3, 0.4) is 0 Å². The summed E-state index contributed by atoms with van der Waals surface area (Å²) in [5.41, 5.74) is 2.58. The molecule has 1 aliphatic rings. The second-order valence-corrected chi connectivity index (χ2v) is 12.5. The molecule has 0 atom stereocenters. The number of rotatable bonds is 7. The first-order valence-electron chi connectivity index (χ1n) is 9.65. The van der Waals surface area contributed by atoms with Crippen LogP contribution in [0.5, 0.6) is 0 Å². The minimum absolute atomic E-state index is 0.458. The van der Waals surface area contributed by atoms with E-state index in [2.05, 4.69) is 77.7 Å². The third-order valence-electron chi connectivity index (χ3n) is 5.66. The summed E-state index contributed by atoms with van der Waals surface area (Å²) < 4.78 is 4.43. The lowest BCUT2D eigenvalue weighted by Crippen LogP contribution is -2.35. The Kier molecular flexibility index (Phi) is 6.16. The van der Waals surface area contributed by atoms with Gasteiger partial charge in [-0.3, -0.25) is 0 Å². The highest BCUT2D eigenvalue weighted by Gasteiger charge is 2.20. The van der Waals surface area contributed by atoms with E-state index in [0.717, 1.165) is 12.5 Å². The Balaban J connectivity index is 1.51. The predicted octanol–water partition coefficient (Wildman–Crippen LogP) is 4.11. The molecule has 136 valence electrons. The quantitative estimate of drug-likeness (QED) is 0.658. The smallest absolute Gasteiger partial charge is 0.169 e. The molecule has 0 saturated heterocycles. The van der Waals surface area contributed by atoms with Crippen LogP contribution in [0.25, 0.3) is 11.1 Å². The molecule has 0 amide bonds. The molecule has 0 aromatic carbocycles. The van der Waals surface area contributed by atoms with Crippen molar-refractivity contribution < 1.29 is 9.13 Å². The Hall–Kier alpha value is -1.35. The van der Waals surface area contributed by atoms with E-state index in [4.69, 9.17) is 0 Å². The van der Waals surface area contributed by atoms with Crippen LogP contribution < -0.4 is 9.13 Å². The van der Waals surface area contributed by atoms with Crippen LogP contribution in [-0.2, 0) is 13.6 Å². The lowest BCUT2D eigenvalue weighted by Gasteiger charge is -2.31. The van der Waals surface area contributed by atoms with Crippen molar-refractivity contribution >= 4 is 10.0 Å². The molecule has 3 heteroatoms. The van der Waals surface area contributed by atoms with Crippen molar-refractivity contribution in [1.82, 2.24) is 0 Å². The molecule has 2 nitrogen and oxygen atoms in total. The summed E-state index contributed by atoms with van der Waals surface area (Å²) in [5.74, 6) is 3.83. The van der Waals surface area contributed by atoms with E-state index in [-0.39, 0.29) is 0 Å². The van der Waals surface area contributed by atoms with Gasteiger partial charge in [-0.1, -0.05) is 25.7 Å². The van der Waals surface area contributed by atoms with Crippen LogP contribution in [0, 0.1) is 5.92 Å². The third-order valence-corrected chi connectivity index (χ3v) is 8.29. The molecular formula is C22H34N2S+2. The normalized spacial score (nSPS) is 16.3. The van der Waals surface area contributed by atoms with Gasteiger partial charge in [0.15, 0.2) is 31.3 Å². The standard InChI is InChI=1S/C22H34N2S/c1-23-13-8-21(9-14-23)22-10-15-24(16-11-22)17-19-25(2,3)18-12-20-6-4-5-7-20/h8-11,13-16,20H,4-7,12,17-19H2,1-3H3/q+2. The van der Waals surface area contributed by atoms with Crippen molar-refractivity contribution in [3.63, 3.8) is 0 Å². The maximum Gasteiger partial charge on any atom is 0.169 e. The van der Waals surface area contributed by atoms with Crippen molar-refractivity contribution in [1.29, 1.82) is 0 Å². The minimum Gasteiger partial charge on any atom is -0.241 e. The molecule has 0 bridgehead atoms. The van der Waals surface area contributed by atoms with E-state index in [9.17, 15) is 0 Å². The molecule has 0 aliphatic heterocycles. The van der Waals surface area contributed by atoms with Crippen molar-refractivity contribution in [3.8, 4) is 11.1 Å². The highest BCUT2D eigenvalue weighted by Crippen LogP contribution is 2.42. The maximum atomic E-state index is 2.53. The Bertz CT molecular complexity index is 655. The fraction of sp³-hybridized carbons (Fsp3) is 0.545. The van der Waals surface area contributed by atoms with Gasteiger partial charge in [0, 0.05) is 30.0 Å². The highest BCUT2D eigenvalue weighted by molar-refractivity contribution is 8.32. The van der Waals surface area contributed by atoms with E-state index in [1.165, 1.54) is 54.7 Å². The molecule has 1 saturated carbocycles. The first-order chi connectivity index (χ1) is 12.0. The summed E-state index contributed by atoms with van der Waals surface area (Å²) in [6, 6.07) is 8.85. The zero-order valence-corrected chi connectivity index (χ0v) is 17.0. The first-order valence-corrected chi connectivity index (χ1v) is 12.4. The van der Waals surface area contributed by atoms with E-state index in [1.54, 1.807) is 0 Å². The number of aryl methyl sites for hydroxylation is 2. The summed E-state index contributed by atoms with van der Waals surface area (Å²) in [6.07, 6.45) is 21.2.